The van der Waals surface area contributed by atoms with Gasteiger partial charge in [0.25, 0.3) is 0 Å². The smallest absolute Gasteiger partial charge is 0.307 e. The van der Waals surface area contributed by atoms with Gasteiger partial charge in [0, 0.05) is 0 Å². The number of carbonyl (C=O) groups is 1. The predicted molar refractivity (Wildman–Crippen MR) is 59.6 cm³/mol. The topological polar surface area (TPSA) is 37.3 Å². The zero-order chi connectivity index (χ0) is 11.1. The monoisotopic (exact) mass is 210 g/mol. The summed E-state index contributed by atoms with van der Waals surface area (Å²) in [6.45, 7) is 4.59. The van der Waals surface area contributed by atoms with Gasteiger partial charge >= 0.3 is 5.97 Å². The Morgan fingerprint density at radius 1 is 1.47 bits per heavy atom. The fourth-order valence-corrected chi connectivity index (χ4v) is 3.37. The second-order valence-corrected chi connectivity index (χ2v) is 5.68. The van der Waals surface area contributed by atoms with Crippen LogP contribution in [0, 0.1) is 23.2 Å². The molecule has 2 atom stereocenters. The molecule has 2 rings (SSSR count). The summed E-state index contributed by atoms with van der Waals surface area (Å²) >= 11 is 0. The van der Waals surface area contributed by atoms with Crippen molar-refractivity contribution in [1.82, 2.24) is 0 Å². The van der Waals surface area contributed by atoms with Gasteiger partial charge < -0.3 is 5.11 Å². The molecule has 2 heteroatoms. The fourth-order valence-electron chi connectivity index (χ4n) is 3.37. The van der Waals surface area contributed by atoms with Crippen LogP contribution in [-0.4, -0.2) is 11.1 Å². The predicted octanol–water partition coefficient (Wildman–Crippen LogP) is 3.31. The molecule has 86 valence electrons. The third-order valence-electron chi connectivity index (χ3n) is 4.96. The minimum absolute atomic E-state index is 0.00428. The van der Waals surface area contributed by atoms with Crippen LogP contribution in [-0.2, 0) is 4.79 Å². The van der Waals surface area contributed by atoms with Gasteiger partial charge in [-0.2, -0.15) is 0 Å². The van der Waals surface area contributed by atoms with Crippen molar-refractivity contribution in [3.8, 4) is 0 Å². The van der Waals surface area contributed by atoms with Crippen LogP contribution < -0.4 is 0 Å². The van der Waals surface area contributed by atoms with Crippen molar-refractivity contribution < 1.29 is 9.90 Å². The quantitative estimate of drug-likeness (QED) is 0.776. The number of hydrogen-bond acceptors (Lipinski definition) is 1. The van der Waals surface area contributed by atoms with Gasteiger partial charge in [0.05, 0.1) is 5.92 Å². The number of rotatable bonds is 3. The van der Waals surface area contributed by atoms with Gasteiger partial charge in [0.1, 0.15) is 0 Å². The maximum atomic E-state index is 10.9. The van der Waals surface area contributed by atoms with E-state index in [2.05, 4.69) is 13.8 Å². The first-order valence-electron chi connectivity index (χ1n) is 6.32. The van der Waals surface area contributed by atoms with Crippen LogP contribution in [0.5, 0.6) is 0 Å². The molecule has 2 saturated carbocycles. The fraction of sp³-hybridized carbons (Fsp3) is 0.923. The molecule has 2 unspecified atom stereocenters. The van der Waals surface area contributed by atoms with Crippen LogP contribution in [0.25, 0.3) is 0 Å². The lowest BCUT2D eigenvalue weighted by atomic mass is 9.73. The molecule has 2 aliphatic rings. The van der Waals surface area contributed by atoms with Crippen molar-refractivity contribution in [3.05, 3.63) is 0 Å². The molecule has 0 saturated heterocycles. The molecule has 1 spiro atoms. The summed E-state index contributed by atoms with van der Waals surface area (Å²) in [6, 6.07) is 0. The molecular formula is C13H22O2. The molecule has 2 fully saturated rings. The summed E-state index contributed by atoms with van der Waals surface area (Å²) in [5, 5.41) is 8.99. The van der Waals surface area contributed by atoms with E-state index < -0.39 is 5.97 Å². The highest BCUT2D eigenvalue weighted by atomic mass is 16.4. The Morgan fingerprint density at radius 3 is 2.47 bits per heavy atom. The first-order chi connectivity index (χ1) is 7.09. The highest BCUT2D eigenvalue weighted by molar-refractivity contribution is 5.74. The highest BCUT2D eigenvalue weighted by Gasteiger charge is 2.58. The van der Waals surface area contributed by atoms with E-state index in [1.807, 2.05) is 0 Å². The van der Waals surface area contributed by atoms with Gasteiger partial charge in [0.15, 0.2) is 0 Å². The minimum atomic E-state index is -0.558. The lowest BCUT2D eigenvalue weighted by Gasteiger charge is -2.32. The SMILES string of the molecule is CCC(C)C1CCC2(CC1)CC2C(=O)O. The summed E-state index contributed by atoms with van der Waals surface area (Å²) in [7, 11) is 0. The first-order valence-corrected chi connectivity index (χ1v) is 6.32. The summed E-state index contributed by atoms with van der Waals surface area (Å²) in [5.41, 5.74) is 0.232. The third kappa shape index (κ3) is 1.91. The molecular weight excluding hydrogens is 188 g/mol. The van der Waals surface area contributed by atoms with Crippen molar-refractivity contribution >= 4 is 5.97 Å². The minimum Gasteiger partial charge on any atom is -0.481 e. The van der Waals surface area contributed by atoms with E-state index in [0.717, 1.165) is 18.3 Å². The highest BCUT2D eigenvalue weighted by Crippen LogP contribution is 2.62. The van der Waals surface area contributed by atoms with E-state index in [4.69, 9.17) is 5.11 Å². The van der Waals surface area contributed by atoms with E-state index in [0.29, 0.717) is 0 Å². The van der Waals surface area contributed by atoms with Gasteiger partial charge in [-0.1, -0.05) is 20.3 Å². The van der Waals surface area contributed by atoms with Crippen molar-refractivity contribution in [2.45, 2.75) is 52.4 Å². The number of carboxylic acid groups (broad SMARTS) is 1. The van der Waals surface area contributed by atoms with Crippen LogP contribution >= 0.6 is 0 Å². The van der Waals surface area contributed by atoms with Gasteiger partial charge in [-0.15, -0.1) is 0 Å². The Morgan fingerprint density at radius 2 is 2.07 bits per heavy atom. The number of carboxylic acids is 1. The summed E-state index contributed by atoms with van der Waals surface area (Å²) < 4.78 is 0. The van der Waals surface area contributed by atoms with E-state index >= 15 is 0 Å². The van der Waals surface area contributed by atoms with Crippen LogP contribution in [0.1, 0.15) is 52.4 Å². The Bertz CT molecular complexity index is 251. The van der Waals surface area contributed by atoms with Gasteiger partial charge in [-0.3, -0.25) is 4.79 Å². The summed E-state index contributed by atoms with van der Waals surface area (Å²) in [6.07, 6.45) is 7.07. The second-order valence-electron chi connectivity index (χ2n) is 5.68. The molecule has 0 aromatic heterocycles. The van der Waals surface area contributed by atoms with E-state index in [1.165, 1.54) is 32.1 Å². The molecule has 0 aromatic rings. The van der Waals surface area contributed by atoms with Crippen LogP contribution in [0.4, 0.5) is 0 Å². The Hall–Kier alpha value is -0.530. The second kappa shape index (κ2) is 3.80. The summed E-state index contributed by atoms with van der Waals surface area (Å²) in [4.78, 5) is 10.9. The average Bonchev–Trinajstić information content (AvgIpc) is 2.93. The maximum Gasteiger partial charge on any atom is 0.307 e. The summed E-state index contributed by atoms with van der Waals surface area (Å²) in [5.74, 6) is 1.12. The first kappa shape index (κ1) is 11.0. The zero-order valence-electron chi connectivity index (χ0n) is 9.83. The Labute approximate surface area is 92.1 Å². The molecule has 2 nitrogen and oxygen atoms in total. The normalized spacial score (nSPS) is 41.5. The third-order valence-corrected chi connectivity index (χ3v) is 4.96. The lowest BCUT2D eigenvalue weighted by Crippen LogP contribution is -2.23. The molecule has 0 radical (unpaired) electrons. The van der Waals surface area contributed by atoms with Crippen molar-refractivity contribution in [2.75, 3.05) is 0 Å². The zero-order valence-corrected chi connectivity index (χ0v) is 9.83. The van der Waals surface area contributed by atoms with Gasteiger partial charge in [0.2, 0.25) is 0 Å². The molecule has 0 amide bonds. The molecule has 0 aliphatic heterocycles. The van der Waals surface area contributed by atoms with Crippen LogP contribution in [0.3, 0.4) is 0 Å². The number of aliphatic carboxylic acids is 1. The molecule has 1 N–H and O–H groups in total. The standard InChI is InChI=1S/C13H22O2/c1-3-9(2)10-4-6-13(7-5-10)8-11(13)12(14)15/h9-11H,3-8H2,1-2H3,(H,14,15). The van der Waals surface area contributed by atoms with Crippen molar-refractivity contribution in [3.63, 3.8) is 0 Å². The molecule has 0 bridgehead atoms. The van der Waals surface area contributed by atoms with E-state index in [1.54, 1.807) is 0 Å². The Kier molecular flexibility index (Phi) is 2.78. The van der Waals surface area contributed by atoms with Crippen LogP contribution in [0.15, 0.2) is 0 Å². The molecule has 0 aromatic carbocycles. The van der Waals surface area contributed by atoms with Crippen molar-refractivity contribution in [2.24, 2.45) is 23.2 Å². The van der Waals surface area contributed by atoms with E-state index in [9.17, 15) is 4.79 Å². The lowest BCUT2D eigenvalue weighted by molar-refractivity contribution is -0.139. The largest absolute Gasteiger partial charge is 0.481 e. The van der Waals surface area contributed by atoms with Gasteiger partial charge in [-0.05, 0) is 49.4 Å². The number of hydrogen-bond donors (Lipinski definition) is 1. The maximum absolute atomic E-state index is 10.9. The molecule has 0 heterocycles. The van der Waals surface area contributed by atoms with Crippen LogP contribution in [0.2, 0.25) is 0 Å². The van der Waals surface area contributed by atoms with E-state index in [-0.39, 0.29) is 11.3 Å². The van der Waals surface area contributed by atoms with Crippen molar-refractivity contribution in [1.29, 1.82) is 0 Å². The molecule has 2 aliphatic carbocycles. The molecule has 15 heavy (non-hydrogen) atoms. The van der Waals surface area contributed by atoms with Gasteiger partial charge in [-0.25, -0.2) is 0 Å². The Balaban J connectivity index is 1.86. The average molecular weight is 210 g/mol.